The van der Waals surface area contributed by atoms with E-state index in [4.69, 9.17) is 10.3 Å². The minimum absolute atomic E-state index is 0.0955. The lowest BCUT2D eigenvalue weighted by Gasteiger charge is -2.24. The van der Waals surface area contributed by atoms with Crippen LogP contribution < -0.4 is 10.6 Å². The summed E-state index contributed by atoms with van der Waals surface area (Å²) in [5.41, 5.74) is 6.21. The summed E-state index contributed by atoms with van der Waals surface area (Å²) in [5.74, 6) is 1.73. The van der Waals surface area contributed by atoms with E-state index in [1.165, 1.54) is 32.1 Å². The Hall–Kier alpha value is -1.10. The lowest BCUT2D eigenvalue weighted by molar-refractivity contribution is 0.255. The highest BCUT2D eigenvalue weighted by Crippen LogP contribution is 2.32. The fourth-order valence-corrected chi connectivity index (χ4v) is 2.35. The van der Waals surface area contributed by atoms with Gasteiger partial charge in [-0.2, -0.15) is 4.98 Å². The lowest BCUT2D eigenvalue weighted by Crippen LogP contribution is -2.24. The van der Waals surface area contributed by atoms with Gasteiger partial charge in [0.15, 0.2) is 0 Å². The zero-order chi connectivity index (χ0) is 12.3. The van der Waals surface area contributed by atoms with Crippen molar-refractivity contribution in [3.8, 4) is 0 Å². The summed E-state index contributed by atoms with van der Waals surface area (Å²) >= 11 is 0. The van der Waals surface area contributed by atoms with E-state index in [-0.39, 0.29) is 6.04 Å². The van der Waals surface area contributed by atoms with Crippen molar-refractivity contribution in [2.75, 3.05) is 18.5 Å². The first-order chi connectivity index (χ1) is 8.22. The number of rotatable bonds is 4. The maximum absolute atomic E-state index is 6.21. The first kappa shape index (κ1) is 12.4. The van der Waals surface area contributed by atoms with E-state index in [2.05, 4.69) is 17.1 Å². The van der Waals surface area contributed by atoms with E-state index in [1.54, 1.807) is 0 Å². The van der Waals surface area contributed by atoms with Crippen LogP contribution in [0.2, 0.25) is 0 Å². The van der Waals surface area contributed by atoms with Crippen LogP contribution in [-0.4, -0.2) is 23.7 Å². The predicted octanol–water partition coefficient (Wildman–Crippen LogP) is 2.11. The average Bonchev–Trinajstić information content (AvgIpc) is 2.87. The standard InChI is InChI=1S/C12H22N4O/c1-3-16(2)12-14-11(17-15-12)10(13)9-7-5-4-6-8-9/h9-10H,3-8,13H2,1-2H3. The van der Waals surface area contributed by atoms with Crippen LogP contribution >= 0.6 is 0 Å². The van der Waals surface area contributed by atoms with E-state index in [0.29, 0.717) is 17.8 Å². The van der Waals surface area contributed by atoms with Gasteiger partial charge >= 0.3 is 0 Å². The predicted molar refractivity (Wildman–Crippen MR) is 66.7 cm³/mol. The van der Waals surface area contributed by atoms with Gasteiger partial charge in [-0.05, 0) is 30.8 Å². The molecule has 0 aliphatic heterocycles. The Balaban J connectivity index is 2.03. The number of nitrogens with zero attached hydrogens (tertiary/aromatic N) is 3. The van der Waals surface area contributed by atoms with Crippen molar-refractivity contribution < 1.29 is 4.52 Å². The number of nitrogens with two attached hydrogens (primary N) is 1. The molecule has 0 aromatic carbocycles. The van der Waals surface area contributed by atoms with Gasteiger partial charge in [-0.1, -0.05) is 19.3 Å². The van der Waals surface area contributed by atoms with Crippen LogP contribution in [0.4, 0.5) is 5.95 Å². The smallest absolute Gasteiger partial charge is 0.265 e. The summed E-state index contributed by atoms with van der Waals surface area (Å²) in [6, 6.07) is -0.0955. The van der Waals surface area contributed by atoms with Crippen molar-refractivity contribution in [1.82, 2.24) is 10.1 Å². The van der Waals surface area contributed by atoms with Crippen LogP contribution in [0.3, 0.4) is 0 Å². The molecule has 0 bridgehead atoms. The number of hydrogen-bond donors (Lipinski definition) is 1. The highest BCUT2D eigenvalue weighted by molar-refractivity contribution is 5.25. The fraction of sp³-hybridized carbons (Fsp3) is 0.833. The zero-order valence-electron chi connectivity index (χ0n) is 10.7. The molecule has 2 N–H and O–H groups in total. The topological polar surface area (TPSA) is 68.2 Å². The first-order valence-electron chi connectivity index (χ1n) is 6.52. The highest BCUT2D eigenvalue weighted by Gasteiger charge is 2.26. The summed E-state index contributed by atoms with van der Waals surface area (Å²) in [4.78, 5) is 6.32. The van der Waals surface area contributed by atoms with E-state index in [0.717, 1.165) is 6.54 Å². The molecule has 0 radical (unpaired) electrons. The van der Waals surface area contributed by atoms with Gasteiger partial charge in [-0.3, -0.25) is 0 Å². The molecule has 17 heavy (non-hydrogen) atoms. The molecule has 1 aliphatic carbocycles. The molecule has 0 saturated heterocycles. The second-order valence-corrected chi connectivity index (χ2v) is 4.87. The van der Waals surface area contributed by atoms with Gasteiger partial charge < -0.3 is 15.2 Å². The van der Waals surface area contributed by atoms with Crippen molar-refractivity contribution in [3.05, 3.63) is 5.89 Å². The molecule has 5 nitrogen and oxygen atoms in total. The number of hydrogen-bond acceptors (Lipinski definition) is 5. The molecular weight excluding hydrogens is 216 g/mol. The normalized spacial score (nSPS) is 19.2. The summed E-state index contributed by atoms with van der Waals surface area (Å²) < 4.78 is 5.27. The third-order valence-corrected chi connectivity index (χ3v) is 3.69. The molecule has 96 valence electrons. The fourth-order valence-electron chi connectivity index (χ4n) is 2.35. The van der Waals surface area contributed by atoms with Gasteiger partial charge in [-0.15, -0.1) is 0 Å². The molecule has 2 rings (SSSR count). The van der Waals surface area contributed by atoms with Gasteiger partial charge in [0.2, 0.25) is 5.89 Å². The Bertz CT molecular complexity index is 346. The maximum atomic E-state index is 6.21. The molecule has 0 amide bonds. The molecule has 1 aliphatic rings. The average molecular weight is 238 g/mol. The molecule has 1 unspecified atom stereocenters. The van der Waals surface area contributed by atoms with Gasteiger partial charge in [0.1, 0.15) is 0 Å². The van der Waals surface area contributed by atoms with Gasteiger partial charge in [0.05, 0.1) is 6.04 Å². The van der Waals surface area contributed by atoms with Crippen LogP contribution in [0.1, 0.15) is 51.0 Å². The van der Waals surface area contributed by atoms with E-state index in [9.17, 15) is 0 Å². The molecular formula is C12H22N4O. The van der Waals surface area contributed by atoms with Crippen LogP contribution in [0.15, 0.2) is 4.52 Å². The van der Waals surface area contributed by atoms with Gasteiger partial charge in [0, 0.05) is 13.6 Å². The number of aromatic nitrogens is 2. The largest absolute Gasteiger partial charge is 0.342 e. The van der Waals surface area contributed by atoms with E-state index in [1.807, 2.05) is 11.9 Å². The molecule has 1 aromatic rings. The Morgan fingerprint density at radius 1 is 1.41 bits per heavy atom. The van der Waals surface area contributed by atoms with Crippen LogP contribution in [-0.2, 0) is 0 Å². The summed E-state index contributed by atoms with van der Waals surface area (Å²) in [6.45, 7) is 2.91. The Morgan fingerprint density at radius 2 is 2.12 bits per heavy atom. The zero-order valence-corrected chi connectivity index (χ0v) is 10.7. The van der Waals surface area contributed by atoms with Crippen molar-refractivity contribution in [2.45, 2.75) is 45.1 Å². The minimum Gasteiger partial charge on any atom is -0.342 e. The third-order valence-electron chi connectivity index (χ3n) is 3.69. The second kappa shape index (κ2) is 5.49. The van der Waals surface area contributed by atoms with Gasteiger partial charge in [-0.25, -0.2) is 0 Å². The monoisotopic (exact) mass is 238 g/mol. The van der Waals surface area contributed by atoms with Crippen LogP contribution in [0.25, 0.3) is 0 Å². The second-order valence-electron chi connectivity index (χ2n) is 4.87. The van der Waals surface area contributed by atoms with Crippen LogP contribution in [0.5, 0.6) is 0 Å². The Kier molecular flexibility index (Phi) is 3.99. The van der Waals surface area contributed by atoms with E-state index < -0.39 is 0 Å². The highest BCUT2D eigenvalue weighted by atomic mass is 16.5. The molecule has 5 heteroatoms. The summed E-state index contributed by atoms with van der Waals surface area (Å²) in [7, 11) is 1.95. The quantitative estimate of drug-likeness (QED) is 0.870. The molecule has 1 atom stereocenters. The maximum Gasteiger partial charge on any atom is 0.265 e. The molecule has 0 spiro atoms. The number of anilines is 1. The SMILES string of the molecule is CCN(C)c1noc(C(N)C2CCCCC2)n1. The summed E-state index contributed by atoms with van der Waals surface area (Å²) in [6.07, 6.45) is 6.24. The van der Waals surface area contributed by atoms with E-state index >= 15 is 0 Å². The summed E-state index contributed by atoms with van der Waals surface area (Å²) in [5, 5.41) is 3.96. The minimum atomic E-state index is -0.0955. The van der Waals surface area contributed by atoms with Gasteiger partial charge in [0.25, 0.3) is 5.95 Å². The van der Waals surface area contributed by atoms with Crippen molar-refractivity contribution in [2.24, 2.45) is 11.7 Å². The van der Waals surface area contributed by atoms with Crippen LogP contribution in [0, 0.1) is 5.92 Å². The first-order valence-corrected chi connectivity index (χ1v) is 6.52. The molecule has 1 aromatic heterocycles. The Labute approximate surface area is 102 Å². The van der Waals surface area contributed by atoms with Crippen molar-refractivity contribution in [3.63, 3.8) is 0 Å². The van der Waals surface area contributed by atoms with Crippen molar-refractivity contribution >= 4 is 5.95 Å². The Morgan fingerprint density at radius 3 is 2.76 bits per heavy atom. The van der Waals surface area contributed by atoms with Crippen molar-refractivity contribution in [1.29, 1.82) is 0 Å². The molecule has 1 fully saturated rings. The molecule has 1 saturated carbocycles. The molecule has 1 heterocycles. The third kappa shape index (κ3) is 2.77. The lowest BCUT2D eigenvalue weighted by atomic mass is 9.84.